The van der Waals surface area contributed by atoms with Crippen molar-refractivity contribution >= 4 is 11.7 Å². The molecule has 0 aliphatic rings. The number of anilines is 1. The maximum atomic E-state index is 11.3. The van der Waals surface area contributed by atoms with E-state index in [1.807, 2.05) is 20.9 Å². The Kier molecular flexibility index (Phi) is 4.98. The van der Waals surface area contributed by atoms with E-state index >= 15 is 0 Å². The topological polar surface area (TPSA) is 40.5 Å². The van der Waals surface area contributed by atoms with Gasteiger partial charge in [-0.25, -0.2) is 0 Å². The molecule has 3 nitrogen and oxygen atoms in total. The molecule has 1 aromatic rings. The first-order chi connectivity index (χ1) is 8.73. The highest BCUT2D eigenvalue weighted by Gasteiger charge is 2.23. The van der Waals surface area contributed by atoms with Gasteiger partial charge in [-0.2, -0.15) is 0 Å². The summed E-state index contributed by atoms with van der Waals surface area (Å²) in [6, 6.07) is 4.30. The number of carboxylic acid groups (broad SMARTS) is 1. The summed E-state index contributed by atoms with van der Waals surface area (Å²) < 4.78 is 0. The van der Waals surface area contributed by atoms with E-state index in [9.17, 15) is 9.90 Å². The third-order valence-corrected chi connectivity index (χ3v) is 3.82. The summed E-state index contributed by atoms with van der Waals surface area (Å²) in [5.41, 5.74) is 4.82. The van der Waals surface area contributed by atoms with Crippen molar-refractivity contribution in [3.8, 4) is 0 Å². The average molecular weight is 263 g/mol. The molecule has 19 heavy (non-hydrogen) atoms. The van der Waals surface area contributed by atoms with Gasteiger partial charge in [0.1, 0.15) is 0 Å². The standard InChI is InChI=1S/C16H25NO2/c1-10(2)14(16(18)19)9-17(6)15-8-12(4)11(3)7-13(15)5/h7-8,10,14H,9H2,1-6H3,(H,18,19). The predicted molar refractivity (Wildman–Crippen MR) is 79.9 cm³/mol. The predicted octanol–water partition coefficient (Wildman–Crippen LogP) is 3.40. The lowest BCUT2D eigenvalue weighted by Crippen LogP contribution is -2.33. The Labute approximate surface area is 116 Å². The van der Waals surface area contributed by atoms with E-state index in [4.69, 9.17) is 0 Å². The second kappa shape index (κ2) is 6.09. The van der Waals surface area contributed by atoms with E-state index in [0.717, 1.165) is 5.69 Å². The van der Waals surface area contributed by atoms with Gasteiger partial charge < -0.3 is 10.0 Å². The first-order valence-electron chi connectivity index (χ1n) is 6.75. The molecule has 0 spiro atoms. The highest BCUT2D eigenvalue weighted by Crippen LogP contribution is 2.25. The minimum absolute atomic E-state index is 0.131. The lowest BCUT2D eigenvalue weighted by atomic mass is 9.95. The number of aliphatic carboxylic acids is 1. The molecule has 0 radical (unpaired) electrons. The molecular weight excluding hydrogens is 238 g/mol. The van der Waals surface area contributed by atoms with E-state index in [0.29, 0.717) is 6.54 Å². The fraction of sp³-hybridized carbons (Fsp3) is 0.562. The quantitative estimate of drug-likeness (QED) is 0.885. The molecule has 0 heterocycles. The van der Waals surface area contributed by atoms with Crippen molar-refractivity contribution in [3.63, 3.8) is 0 Å². The van der Waals surface area contributed by atoms with Gasteiger partial charge in [-0.3, -0.25) is 4.79 Å². The monoisotopic (exact) mass is 263 g/mol. The largest absolute Gasteiger partial charge is 0.481 e. The molecule has 3 heteroatoms. The lowest BCUT2D eigenvalue weighted by Gasteiger charge is -2.27. The Morgan fingerprint density at radius 3 is 2.16 bits per heavy atom. The fourth-order valence-electron chi connectivity index (χ4n) is 2.32. The molecule has 1 unspecified atom stereocenters. The zero-order chi connectivity index (χ0) is 14.7. The molecule has 1 rings (SSSR count). The average Bonchev–Trinajstić information content (AvgIpc) is 2.29. The molecule has 1 N–H and O–H groups in total. The Balaban J connectivity index is 2.97. The van der Waals surface area contributed by atoms with Gasteiger partial charge in [-0.1, -0.05) is 19.9 Å². The molecule has 0 aliphatic heterocycles. The van der Waals surface area contributed by atoms with E-state index in [1.165, 1.54) is 16.7 Å². The van der Waals surface area contributed by atoms with E-state index in [1.54, 1.807) is 0 Å². The van der Waals surface area contributed by atoms with Crippen LogP contribution in [-0.4, -0.2) is 24.7 Å². The number of carboxylic acids is 1. The minimum Gasteiger partial charge on any atom is -0.481 e. The molecule has 0 saturated heterocycles. The van der Waals surface area contributed by atoms with E-state index in [-0.39, 0.29) is 11.8 Å². The van der Waals surface area contributed by atoms with Gasteiger partial charge in [0.15, 0.2) is 0 Å². The second-order valence-electron chi connectivity index (χ2n) is 5.79. The van der Waals surface area contributed by atoms with Crippen molar-refractivity contribution in [2.75, 3.05) is 18.5 Å². The molecule has 0 fully saturated rings. The van der Waals surface area contributed by atoms with Crippen molar-refractivity contribution in [2.45, 2.75) is 34.6 Å². The van der Waals surface area contributed by atoms with Crippen LogP contribution in [0.1, 0.15) is 30.5 Å². The van der Waals surface area contributed by atoms with Crippen LogP contribution in [0, 0.1) is 32.6 Å². The smallest absolute Gasteiger partial charge is 0.308 e. The Hall–Kier alpha value is -1.51. The van der Waals surface area contributed by atoms with Gasteiger partial charge in [0, 0.05) is 19.3 Å². The highest BCUT2D eigenvalue weighted by atomic mass is 16.4. The summed E-state index contributed by atoms with van der Waals surface area (Å²) in [5, 5.41) is 9.28. The number of benzene rings is 1. The highest BCUT2D eigenvalue weighted by molar-refractivity contribution is 5.71. The van der Waals surface area contributed by atoms with Crippen LogP contribution in [0.4, 0.5) is 5.69 Å². The third-order valence-electron chi connectivity index (χ3n) is 3.82. The molecule has 0 amide bonds. The minimum atomic E-state index is -0.719. The number of hydrogen-bond donors (Lipinski definition) is 1. The maximum absolute atomic E-state index is 11.3. The second-order valence-corrected chi connectivity index (χ2v) is 5.79. The summed E-state index contributed by atoms with van der Waals surface area (Å²) in [6.07, 6.45) is 0. The number of hydrogen-bond acceptors (Lipinski definition) is 2. The summed E-state index contributed by atoms with van der Waals surface area (Å²) >= 11 is 0. The fourth-order valence-corrected chi connectivity index (χ4v) is 2.32. The van der Waals surface area contributed by atoms with Crippen LogP contribution in [0.25, 0.3) is 0 Å². The Morgan fingerprint density at radius 1 is 1.16 bits per heavy atom. The molecule has 0 aliphatic carbocycles. The molecule has 0 aromatic heterocycles. The van der Waals surface area contributed by atoms with Crippen molar-refractivity contribution in [1.29, 1.82) is 0 Å². The summed E-state index contributed by atoms with van der Waals surface area (Å²) in [5.74, 6) is -0.929. The number of nitrogens with zero attached hydrogens (tertiary/aromatic N) is 1. The molecule has 1 aromatic carbocycles. The van der Waals surface area contributed by atoms with Crippen LogP contribution < -0.4 is 4.90 Å². The van der Waals surface area contributed by atoms with E-state index < -0.39 is 5.97 Å². The van der Waals surface area contributed by atoms with Gasteiger partial charge in [0.05, 0.1) is 5.92 Å². The SMILES string of the molecule is Cc1cc(C)c(N(C)CC(C(=O)O)C(C)C)cc1C. The van der Waals surface area contributed by atoms with E-state index in [2.05, 4.69) is 37.8 Å². The first-order valence-corrected chi connectivity index (χ1v) is 6.75. The number of carbonyl (C=O) groups is 1. The number of rotatable bonds is 5. The normalized spacial score (nSPS) is 12.6. The molecule has 0 saturated carbocycles. The van der Waals surface area contributed by atoms with Gasteiger partial charge >= 0.3 is 5.97 Å². The van der Waals surface area contributed by atoms with Gasteiger partial charge in [0.2, 0.25) is 0 Å². The van der Waals surface area contributed by atoms with Crippen molar-refractivity contribution < 1.29 is 9.90 Å². The maximum Gasteiger partial charge on any atom is 0.308 e. The molecule has 1 atom stereocenters. The Bertz CT molecular complexity index is 466. The zero-order valence-corrected chi connectivity index (χ0v) is 12.8. The van der Waals surface area contributed by atoms with Gasteiger partial charge in [-0.05, 0) is 49.4 Å². The summed E-state index contributed by atoms with van der Waals surface area (Å²) in [6.45, 7) is 10.7. The Morgan fingerprint density at radius 2 is 1.68 bits per heavy atom. The first kappa shape index (κ1) is 15.5. The van der Waals surface area contributed by atoms with Crippen LogP contribution in [-0.2, 0) is 4.79 Å². The van der Waals surface area contributed by atoms with Crippen molar-refractivity contribution in [3.05, 3.63) is 28.8 Å². The molecule has 106 valence electrons. The van der Waals surface area contributed by atoms with Crippen LogP contribution in [0.2, 0.25) is 0 Å². The summed E-state index contributed by atoms with van der Waals surface area (Å²) in [7, 11) is 1.97. The molecule has 0 bridgehead atoms. The van der Waals surface area contributed by atoms with Crippen molar-refractivity contribution in [2.24, 2.45) is 11.8 Å². The van der Waals surface area contributed by atoms with Crippen LogP contribution in [0.15, 0.2) is 12.1 Å². The van der Waals surface area contributed by atoms with Gasteiger partial charge in [-0.15, -0.1) is 0 Å². The zero-order valence-electron chi connectivity index (χ0n) is 12.8. The van der Waals surface area contributed by atoms with Gasteiger partial charge in [0.25, 0.3) is 0 Å². The van der Waals surface area contributed by atoms with Crippen LogP contribution in [0.5, 0.6) is 0 Å². The molecular formula is C16H25NO2. The van der Waals surface area contributed by atoms with Crippen LogP contribution in [0.3, 0.4) is 0 Å². The van der Waals surface area contributed by atoms with Crippen LogP contribution >= 0.6 is 0 Å². The third kappa shape index (κ3) is 3.72. The number of aryl methyl sites for hydroxylation is 3. The summed E-state index contributed by atoms with van der Waals surface area (Å²) in [4.78, 5) is 13.3. The van der Waals surface area contributed by atoms with Crippen molar-refractivity contribution in [1.82, 2.24) is 0 Å². The lowest BCUT2D eigenvalue weighted by molar-refractivity contribution is -0.142.